The molecule has 0 saturated heterocycles. The minimum atomic E-state index is -0.0274. The molecule has 0 radical (unpaired) electrons. The van der Waals surface area contributed by atoms with Gasteiger partial charge in [-0.1, -0.05) is 55.8 Å². The first-order valence-electron chi connectivity index (χ1n) is 10.9. The van der Waals surface area contributed by atoms with Crippen LogP contribution in [0.3, 0.4) is 0 Å². The second-order valence-corrected chi connectivity index (χ2v) is 9.51. The SMILES string of the molecule is Cc1ccc(-c2c(C)sc3ncnc(NCCC(=O)Nc4ccc(C(C)C)cc4)c23)cc1. The maximum absolute atomic E-state index is 12.4. The Labute approximate surface area is 192 Å². The molecule has 5 nitrogen and oxygen atoms in total. The topological polar surface area (TPSA) is 66.9 Å². The molecule has 0 atom stereocenters. The molecular formula is C26H28N4OS. The zero-order chi connectivity index (χ0) is 22.7. The fourth-order valence-electron chi connectivity index (χ4n) is 3.72. The van der Waals surface area contributed by atoms with Gasteiger partial charge in [0.05, 0.1) is 5.39 Å². The summed E-state index contributed by atoms with van der Waals surface area (Å²) in [6, 6.07) is 16.5. The molecule has 0 fully saturated rings. The number of aryl methyl sites for hydroxylation is 2. The van der Waals surface area contributed by atoms with E-state index in [1.807, 2.05) is 12.1 Å². The van der Waals surface area contributed by atoms with Crippen LogP contribution in [0, 0.1) is 13.8 Å². The number of rotatable bonds is 7. The van der Waals surface area contributed by atoms with Crippen molar-refractivity contribution in [2.75, 3.05) is 17.2 Å². The average Bonchev–Trinajstić information content (AvgIpc) is 3.11. The van der Waals surface area contributed by atoms with Gasteiger partial charge in [-0.2, -0.15) is 0 Å². The molecule has 0 bridgehead atoms. The Kier molecular flexibility index (Phi) is 6.51. The number of amides is 1. The van der Waals surface area contributed by atoms with E-state index < -0.39 is 0 Å². The van der Waals surface area contributed by atoms with Gasteiger partial charge < -0.3 is 10.6 Å². The summed E-state index contributed by atoms with van der Waals surface area (Å²) in [7, 11) is 0. The maximum atomic E-state index is 12.4. The highest BCUT2D eigenvalue weighted by Gasteiger charge is 2.16. The number of nitrogens with one attached hydrogen (secondary N) is 2. The minimum Gasteiger partial charge on any atom is -0.369 e. The van der Waals surface area contributed by atoms with E-state index in [0.29, 0.717) is 18.9 Å². The van der Waals surface area contributed by atoms with Gasteiger partial charge in [-0.15, -0.1) is 11.3 Å². The molecule has 4 rings (SSSR count). The molecule has 2 aromatic heterocycles. The molecule has 32 heavy (non-hydrogen) atoms. The van der Waals surface area contributed by atoms with Gasteiger partial charge in [-0.3, -0.25) is 4.79 Å². The minimum absolute atomic E-state index is 0.0274. The van der Waals surface area contributed by atoms with Gasteiger partial charge in [0.1, 0.15) is 17.0 Å². The summed E-state index contributed by atoms with van der Waals surface area (Å²) in [5, 5.41) is 7.34. The molecule has 0 aliphatic heterocycles. The van der Waals surface area contributed by atoms with Crippen molar-refractivity contribution in [3.63, 3.8) is 0 Å². The van der Waals surface area contributed by atoms with Crippen LogP contribution in [0.1, 0.15) is 42.2 Å². The summed E-state index contributed by atoms with van der Waals surface area (Å²) < 4.78 is 0. The number of benzene rings is 2. The summed E-state index contributed by atoms with van der Waals surface area (Å²) in [5.74, 6) is 1.21. The lowest BCUT2D eigenvalue weighted by molar-refractivity contribution is -0.115. The fraction of sp³-hybridized carbons (Fsp3) is 0.269. The number of thiophene rings is 1. The van der Waals surface area contributed by atoms with Crippen molar-refractivity contribution in [1.29, 1.82) is 0 Å². The normalized spacial score (nSPS) is 11.2. The predicted molar refractivity (Wildman–Crippen MR) is 135 cm³/mol. The average molecular weight is 445 g/mol. The molecule has 6 heteroatoms. The largest absolute Gasteiger partial charge is 0.369 e. The van der Waals surface area contributed by atoms with Crippen LogP contribution in [0.4, 0.5) is 11.5 Å². The summed E-state index contributed by atoms with van der Waals surface area (Å²) >= 11 is 1.67. The van der Waals surface area contributed by atoms with Crippen molar-refractivity contribution >= 4 is 39.0 Å². The van der Waals surface area contributed by atoms with Crippen molar-refractivity contribution in [2.45, 2.75) is 40.0 Å². The van der Waals surface area contributed by atoms with E-state index in [2.05, 4.69) is 84.7 Å². The van der Waals surface area contributed by atoms with Gasteiger partial charge in [-0.25, -0.2) is 9.97 Å². The third kappa shape index (κ3) is 4.81. The number of carbonyl (C=O) groups is 1. The Morgan fingerprint density at radius 2 is 1.72 bits per heavy atom. The second-order valence-electron chi connectivity index (χ2n) is 8.30. The number of hydrogen-bond acceptors (Lipinski definition) is 5. The lowest BCUT2D eigenvalue weighted by Crippen LogP contribution is -2.16. The van der Waals surface area contributed by atoms with Crippen molar-refractivity contribution in [1.82, 2.24) is 9.97 Å². The molecule has 0 unspecified atom stereocenters. The zero-order valence-electron chi connectivity index (χ0n) is 18.9. The molecular weight excluding hydrogens is 416 g/mol. The van der Waals surface area contributed by atoms with Gasteiger partial charge in [-0.05, 0) is 43.0 Å². The summed E-state index contributed by atoms with van der Waals surface area (Å²) in [6.07, 6.45) is 1.93. The highest BCUT2D eigenvalue weighted by Crippen LogP contribution is 2.40. The van der Waals surface area contributed by atoms with Crippen LogP contribution in [0.2, 0.25) is 0 Å². The number of nitrogens with zero attached hydrogens (tertiary/aromatic N) is 2. The Balaban J connectivity index is 1.46. The van der Waals surface area contributed by atoms with E-state index in [4.69, 9.17) is 0 Å². The molecule has 2 aromatic carbocycles. The molecule has 0 aliphatic carbocycles. The van der Waals surface area contributed by atoms with Crippen LogP contribution in [-0.2, 0) is 4.79 Å². The molecule has 0 spiro atoms. The molecule has 0 saturated carbocycles. The molecule has 4 aromatic rings. The first-order valence-corrected chi connectivity index (χ1v) is 11.7. The molecule has 164 valence electrons. The Bertz CT molecular complexity index is 1230. The van der Waals surface area contributed by atoms with Crippen LogP contribution in [0.15, 0.2) is 54.9 Å². The van der Waals surface area contributed by atoms with Crippen LogP contribution in [-0.4, -0.2) is 22.4 Å². The number of fused-ring (bicyclic) bond motifs is 1. The van der Waals surface area contributed by atoms with Crippen molar-refractivity contribution in [3.8, 4) is 11.1 Å². The van der Waals surface area contributed by atoms with Gasteiger partial charge >= 0.3 is 0 Å². The van der Waals surface area contributed by atoms with Gasteiger partial charge in [0.15, 0.2) is 0 Å². The maximum Gasteiger partial charge on any atom is 0.226 e. The van der Waals surface area contributed by atoms with Crippen LogP contribution in [0.25, 0.3) is 21.3 Å². The van der Waals surface area contributed by atoms with Crippen LogP contribution < -0.4 is 10.6 Å². The van der Waals surface area contributed by atoms with Gasteiger partial charge in [0.25, 0.3) is 0 Å². The molecule has 0 aliphatic rings. The summed E-state index contributed by atoms with van der Waals surface area (Å²) in [5.41, 5.74) is 5.61. The van der Waals surface area contributed by atoms with Crippen LogP contribution in [0.5, 0.6) is 0 Å². The number of aromatic nitrogens is 2. The van der Waals surface area contributed by atoms with E-state index in [1.165, 1.54) is 16.0 Å². The molecule has 2 heterocycles. The first-order chi connectivity index (χ1) is 15.4. The lowest BCUT2D eigenvalue weighted by Gasteiger charge is -2.10. The summed E-state index contributed by atoms with van der Waals surface area (Å²) in [6.45, 7) is 9.00. The Hall–Kier alpha value is -3.25. The second kappa shape index (κ2) is 9.49. The van der Waals surface area contributed by atoms with E-state index >= 15 is 0 Å². The van der Waals surface area contributed by atoms with Crippen molar-refractivity contribution in [3.05, 3.63) is 70.9 Å². The predicted octanol–water partition coefficient (Wildman–Crippen LogP) is 6.54. The third-order valence-corrected chi connectivity index (χ3v) is 6.52. The van der Waals surface area contributed by atoms with E-state index in [-0.39, 0.29) is 5.91 Å². The van der Waals surface area contributed by atoms with Gasteiger partial charge in [0.2, 0.25) is 5.91 Å². The Morgan fingerprint density at radius 1 is 1.00 bits per heavy atom. The van der Waals surface area contributed by atoms with E-state index in [9.17, 15) is 4.79 Å². The lowest BCUT2D eigenvalue weighted by atomic mass is 10.0. The smallest absolute Gasteiger partial charge is 0.226 e. The standard InChI is InChI=1S/C26H28N4OS/c1-16(2)19-9-11-21(12-10-19)30-22(31)13-14-27-25-24-23(20-7-5-17(3)6-8-20)18(4)32-26(24)29-15-28-25/h5-12,15-16H,13-14H2,1-4H3,(H,30,31)(H,27,28,29). The van der Waals surface area contributed by atoms with E-state index in [0.717, 1.165) is 32.8 Å². The molecule has 1 amide bonds. The highest BCUT2D eigenvalue weighted by atomic mass is 32.1. The quantitative estimate of drug-likeness (QED) is 0.340. The van der Waals surface area contributed by atoms with Crippen molar-refractivity contribution < 1.29 is 4.79 Å². The number of hydrogen-bond donors (Lipinski definition) is 2. The first kappa shape index (κ1) is 22.0. The van der Waals surface area contributed by atoms with E-state index in [1.54, 1.807) is 17.7 Å². The van der Waals surface area contributed by atoms with Crippen molar-refractivity contribution in [2.24, 2.45) is 0 Å². The Morgan fingerprint density at radius 3 is 2.41 bits per heavy atom. The van der Waals surface area contributed by atoms with Crippen LogP contribution >= 0.6 is 11.3 Å². The highest BCUT2D eigenvalue weighted by molar-refractivity contribution is 7.19. The monoisotopic (exact) mass is 444 g/mol. The molecule has 2 N–H and O–H groups in total. The summed E-state index contributed by atoms with van der Waals surface area (Å²) in [4.78, 5) is 23.5. The third-order valence-electron chi connectivity index (χ3n) is 5.51. The van der Waals surface area contributed by atoms with Gasteiger partial charge in [0, 0.05) is 29.1 Å². The number of anilines is 2. The zero-order valence-corrected chi connectivity index (χ0v) is 19.7. The fourth-order valence-corrected chi connectivity index (χ4v) is 4.73. The number of carbonyl (C=O) groups excluding carboxylic acids is 1.